The molecule has 7 rings (SSSR count). The molecule has 0 bridgehead atoms. The van der Waals surface area contributed by atoms with Crippen LogP contribution in [0.3, 0.4) is 0 Å². The highest BCUT2D eigenvalue weighted by molar-refractivity contribution is 5.76. The summed E-state index contributed by atoms with van der Waals surface area (Å²) in [6, 6.07) is 16.3. The maximum absolute atomic E-state index is 12.9. The Morgan fingerprint density at radius 3 is 2.08 bits per heavy atom. The molecular formula is C42H61N3O3. The van der Waals surface area contributed by atoms with Gasteiger partial charge in [-0.15, -0.1) is 0 Å². The number of carbonyl (C=O) groups excluding carboxylic acids is 1. The minimum atomic E-state index is 0.153. The van der Waals surface area contributed by atoms with Crippen LogP contribution in [0.15, 0.2) is 48.5 Å². The van der Waals surface area contributed by atoms with E-state index in [0.29, 0.717) is 41.5 Å². The van der Waals surface area contributed by atoms with Gasteiger partial charge >= 0.3 is 0 Å². The van der Waals surface area contributed by atoms with Crippen LogP contribution >= 0.6 is 0 Å². The fourth-order valence-electron chi connectivity index (χ4n) is 12.0. The smallest absolute Gasteiger partial charge is 0.220 e. The van der Waals surface area contributed by atoms with Crippen molar-refractivity contribution in [3.63, 3.8) is 0 Å². The molecule has 0 aliphatic heterocycles. The molecule has 5 fully saturated rings. The number of rotatable bonds is 9. The highest BCUT2D eigenvalue weighted by Crippen LogP contribution is 2.68. The number of nitrogens with two attached hydrogens (primary N) is 2. The Balaban J connectivity index is 1.07. The minimum Gasteiger partial charge on any atom is -0.490 e. The largest absolute Gasteiger partial charge is 0.490 e. The summed E-state index contributed by atoms with van der Waals surface area (Å²) < 4.78 is 13.6. The fraction of sp³-hybridized carbons (Fsp3) is 0.690. The first-order valence-electron chi connectivity index (χ1n) is 19.5. The summed E-state index contributed by atoms with van der Waals surface area (Å²) in [7, 11) is 0. The molecule has 0 aromatic heterocycles. The van der Waals surface area contributed by atoms with Crippen LogP contribution in [-0.4, -0.2) is 24.2 Å². The monoisotopic (exact) mass is 655 g/mol. The van der Waals surface area contributed by atoms with E-state index in [1.165, 1.54) is 51.4 Å². The van der Waals surface area contributed by atoms with Gasteiger partial charge in [0.2, 0.25) is 5.91 Å². The van der Waals surface area contributed by atoms with Crippen molar-refractivity contribution in [2.75, 3.05) is 11.5 Å². The summed E-state index contributed by atoms with van der Waals surface area (Å²) in [5.41, 5.74) is 14.1. The van der Waals surface area contributed by atoms with Crippen molar-refractivity contribution in [3.05, 3.63) is 48.5 Å². The van der Waals surface area contributed by atoms with Gasteiger partial charge in [0.15, 0.2) is 0 Å². The molecule has 6 nitrogen and oxygen atoms in total. The zero-order valence-electron chi connectivity index (χ0n) is 29.8. The highest BCUT2D eigenvalue weighted by Gasteiger charge is 2.63. The zero-order chi connectivity index (χ0) is 33.5. The first kappa shape index (κ1) is 33.6. The maximum Gasteiger partial charge on any atom is 0.220 e. The number of ether oxygens (including phenoxy) is 2. The Hall–Kier alpha value is -2.89. The van der Waals surface area contributed by atoms with Crippen molar-refractivity contribution in [1.82, 2.24) is 5.32 Å². The van der Waals surface area contributed by atoms with Gasteiger partial charge in [0, 0.05) is 29.8 Å². The molecule has 48 heavy (non-hydrogen) atoms. The molecule has 262 valence electrons. The van der Waals surface area contributed by atoms with Crippen LogP contribution < -0.4 is 26.3 Å². The SMILES string of the molecule is C[C@H](CCC(=O)NC1CCCCC1)[C@H]1CC[C@H]2[C@@H]3CC(Oc4ccc(N)cc4)C4CC(Oc5ccc(N)cc5)CC[C@]4(C)[C@H]3CC[C@]12C. The van der Waals surface area contributed by atoms with E-state index in [0.717, 1.165) is 73.2 Å². The van der Waals surface area contributed by atoms with Gasteiger partial charge in [0.25, 0.3) is 0 Å². The molecule has 6 heteroatoms. The average molecular weight is 656 g/mol. The minimum absolute atomic E-state index is 0.153. The van der Waals surface area contributed by atoms with Gasteiger partial charge in [0.1, 0.15) is 17.6 Å². The van der Waals surface area contributed by atoms with E-state index in [1.807, 2.05) is 48.5 Å². The van der Waals surface area contributed by atoms with E-state index >= 15 is 0 Å². The van der Waals surface area contributed by atoms with E-state index in [2.05, 4.69) is 26.1 Å². The Kier molecular flexibility index (Phi) is 9.65. The van der Waals surface area contributed by atoms with Gasteiger partial charge in [-0.2, -0.15) is 0 Å². The molecule has 5 aliphatic rings. The van der Waals surface area contributed by atoms with E-state index in [9.17, 15) is 4.79 Å². The van der Waals surface area contributed by atoms with Crippen LogP contribution in [0.1, 0.15) is 117 Å². The number of hydrogen-bond acceptors (Lipinski definition) is 5. The second-order valence-electron chi connectivity index (χ2n) is 17.2. The number of nitrogen functional groups attached to an aromatic ring is 2. The molecule has 5 saturated carbocycles. The summed E-state index contributed by atoms with van der Waals surface area (Å²) in [4.78, 5) is 12.9. The van der Waals surface area contributed by atoms with Gasteiger partial charge < -0.3 is 26.3 Å². The Bertz CT molecular complexity index is 1390. The van der Waals surface area contributed by atoms with Crippen molar-refractivity contribution in [3.8, 4) is 11.5 Å². The van der Waals surface area contributed by atoms with Crippen LogP contribution in [0.4, 0.5) is 11.4 Å². The molecule has 10 atom stereocenters. The lowest BCUT2D eigenvalue weighted by molar-refractivity contribution is -0.164. The van der Waals surface area contributed by atoms with Crippen LogP contribution in [0.5, 0.6) is 11.5 Å². The molecule has 2 aromatic carbocycles. The van der Waals surface area contributed by atoms with Crippen LogP contribution in [0.25, 0.3) is 0 Å². The van der Waals surface area contributed by atoms with Gasteiger partial charge in [-0.25, -0.2) is 0 Å². The Morgan fingerprint density at radius 1 is 0.771 bits per heavy atom. The molecule has 1 amide bonds. The van der Waals surface area contributed by atoms with Crippen molar-refractivity contribution in [1.29, 1.82) is 0 Å². The third-order valence-corrected chi connectivity index (χ3v) is 14.5. The van der Waals surface area contributed by atoms with Crippen LogP contribution in [0, 0.1) is 46.3 Å². The number of amides is 1. The number of benzene rings is 2. The predicted octanol–water partition coefficient (Wildman–Crippen LogP) is 9.18. The summed E-state index contributed by atoms with van der Waals surface area (Å²) in [6.07, 6.45) is 17.8. The first-order chi connectivity index (χ1) is 23.1. The first-order valence-corrected chi connectivity index (χ1v) is 19.5. The highest BCUT2D eigenvalue weighted by atomic mass is 16.5. The summed E-state index contributed by atoms with van der Waals surface area (Å²) in [5.74, 6) is 5.94. The average Bonchev–Trinajstić information content (AvgIpc) is 3.44. The lowest BCUT2D eigenvalue weighted by Crippen LogP contribution is -2.59. The standard InChI is InChI=1S/C42H61N3O3/c1-27(9-20-40(46)45-30-7-5-4-6-8-30)35-18-19-36-34-26-39(48-32-16-12-29(44)13-17-32)38-25-33(47-31-14-10-28(43)11-15-31)21-23-42(38,3)37(34)22-24-41(35,36)2/h10-17,27,30,33-39H,4-9,18-26,43-44H2,1-3H3,(H,45,46)/t27-,33?,34+,35-,36+,37+,38?,39?,41-,42-/m1/s1. The third-order valence-electron chi connectivity index (χ3n) is 14.5. The molecule has 0 saturated heterocycles. The number of anilines is 2. The van der Waals surface area contributed by atoms with Gasteiger partial charge in [-0.05, 0) is 160 Å². The summed E-state index contributed by atoms with van der Waals surface area (Å²) in [5, 5.41) is 3.37. The lowest BCUT2D eigenvalue weighted by atomic mass is 9.43. The fourth-order valence-corrected chi connectivity index (χ4v) is 12.0. The van der Waals surface area contributed by atoms with E-state index in [1.54, 1.807) is 0 Å². The Morgan fingerprint density at radius 2 is 1.40 bits per heavy atom. The third kappa shape index (κ3) is 6.66. The van der Waals surface area contributed by atoms with Gasteiger partial charge in [-0.1, -0.05) is 40.0 Å². The topological polar surface area (TPSA) is 99.6 Å². The maximum atomic E-state index is 12.9. The molecule has 5 aliphatic carbocycles. The van der Waals surface area contributed by atoms with Gasteiger partial charge in [-0.3, -0.25) is 4.79 Å². The predicted molar refractivity (Wildman–Crippen MR) is 195 cm³/mol. The molecule has 2 aromatic rings. The number of nitrogens with one attached hydrogen (secondary N) is 1. The molecular weight excluding hydrogens is 594 g/mol. The van der Waals surface area contributed by atoms with Crippen molar-refractivity contribution < 1.29 is 14.3 Å². The molecule has 5 N–H and O–H groups in total. The van der Waals surface area contributed by atoms with Crippen molar-refractivity contribution >= 4 is 17.3 Å². The summed E-state index contributed by atoms with van der Waals surface area (Å²) >= 11 is 0. The van der Waals surface area contributed by atoms with Crippen LogP contribution in [0.2, 0.25) is 0 Å². The van der Waals surface area contributed by atoms with E-state index in [4.69, 9.17) is 20.9 Å². The molecule has 0 radical (unpaired) electrons. The normalized spacial score (nSPS) is 37.0. The van der Waals surface area contributed by atoms with Crippen molar-refractivity contribution in [2.45, 2.75) is 135 Å². The molecule has 0 heterocycles. The molecule has 0 spiro atoms. The van der Waals surface area contributed by atoms with Gasteiger partial charge in [0.05, 0.1) is 6.10 Å². The zero-order valence-corrected chi connectivity index (χ0v) is 29.8. The Labute approximate surface area is 289 Å². The van der Waals surface area contributed by atoms with Crippen LogP contribution in [-0.2, 0) is 4.79 Å². The van der Waals surface area contributed by atoms with E-state index in [-0.39, 0.29) is 23.5 Å². The lowest BCUT2D eigenvalue weighted by Gasteiger charge is -2.63. The number of carbonyl (C=O) groups is 1. The van der Waals surface area contributed by atoms with Crippen molar-refractivity contribution in [2.24, 2.45) is 46.3 Å². The molecule has 3 unspecified atom stereocenters. The van der Waals surface area contributed by atoms with E-state index < -0.39 is 0 Å². The second kappa shape index (κ2) is 13.8. The second-order valence-corrected chi connectivity index (χ2v) is 17.2. The number of hydrogen-bond donors (Lipinski definition) is 3. The summed E-state index contributed by atoms with van der Waals surface area (Å²) in [6.45, 7) is 7.69. The number of fused-ring (bicyclic) bond motifs is 5. The quantitative estimate of drug-likeness (QED) is 0.234.